The molecule has 2 aromatic rings. The van der Waals surface area contributed by atoms with Gasteiger partial charge in [-0.2, -0.15) is 0 Å². The summed E-state index contributed by atoms with van der Waals surface area (Å²) in [5.41, 5.74) is 3.39. The standard InChI is InChI=1S/C19H22O2/c1-4-8-17-18(20-2)13-16(14-19(17)21-3)12-11-15-9-6-5-7-10-15/h5-7,9-14H,4,8H2,1-3H3. The van der Waals surface area contributed by atoms with Gasteiger partial charge in [-0.1, -0.05) is 55.8 Å². The van der Waals surface area contributed by atoms with Crippen molar-refractivity contribution in [1.82, 2.24) is 0 Å². The molecule has 110 valence electrons. The van der Waals surface area contributed by atoms with Gasteiger partial charge < -0.3 is 9.47 Å². The van der Waals surface area contributed by atoms with Crippen LogP contribution < -0.4 is 9.47 Å². The van der Waals surface area contributed by atoms with E-state index in [0.717, 1.165) is 35.5 Å². The first-order valence-electron chi connectivity index (χ1n) is 7.26. The van der Waals surface area contributed by atoms with E-state index in [-0.39, 0.29) is 0 Å². The molecule has 0 spiro atoms. The lowest BCUT2D eigenvalue weighted by Gasteiger charge is -2.13. The zero-order valence-corrected chi connectivity index (χ0v) is 12.9. The molecule has 0 unspecified atom stereocenters. The molecule has 0 bridgehead atoms. The van der Waals surface area contributed by atoms with Gasteiger partial charge in [0.25, 0.3) is 0 Å². The van der Waals surface area contributed by atoms with Crippen LogP contribution in [0.15, 0.2) is 42.5 Å². The Labute approximate surface area is 127 Å². The minimum absolute atomic E-state index is 0.893. The number of benzene rings is 2. The Balaban J connectivity index is 2.34. The summed E-state index contributed by atoms with van der Waals surface area (Å²) in [5.74, 6) is 1.79. The minimum Gasteiger partial charge on any atom is -0.496 e. The van der Waals surface area contributed by atoms with E-state index in [2.05, 4.69) is 43.3 Å². The van der Waals surface area contributed by atoms with Crippen LogP contribution in [-0.2, 0) is 6.42 Å². The lowest BCUT2D eigenvalue weighted by Crippen LogP contribution is -1.97. The van der Waals surface area contributed by atoms with Crippen molar-refractivity contribution >= 4 is 12.2 Å². The maximum atomic E-state index is 5.52. The zero-order valence-electron chi connectivity index (χ0n) is 12.9. The second-order valence-corrected chi connectivity index (χ2v) is 4.90. The van der Waals surface area contributed by atoms with Gasteiger partial charge in [0.05, 0.1) is 14.2 Å². The molecule has 0 saturated carbocycles. The Kier molecular flexibility index (Phi) is 5.44. The molecule has 0 aliphatic rings. The summed E-state index contributed by atoms with van der Waals surface area (Å²) < 4.78 is 11.0. The van der Waals surface area contributed by atoms with Crippen molar-refractivity contribution in [1.29, 1.82) is 0 Å². The van der Waals surface area contributed by atoms with Crippen LogP contribution >= 0.6 is 0 Å². The van der Waals surface area contributed by atoms with Crippen LogP contribution in [0.5, 0.6) is 11.5 Å². The highest BCUT2D eigenvalue weighted by atomic mass is 16.5. The molecule has 0 fully saturated rings. The topological polar surface area (TPSA) is 18.5 Å². The highest BCUT2D eigenvalue weighted by Gasteiger charge is 2.10. The summed E-state index contributed by atoms with van der Waals surface area (Å²) in [4.78, 5) is 0. The van der Waals surface area contributed by atoms with Crippen molar-refractivity contribution < 1.29 is 9.47 Å². The van der Waals surface area contributed by atoms with Crippen molar-refractivity contribution in [2.45, 2.75) is 19.8 Å². The molecular weight excluding hydrogens is 260 g/mol. The monoisotopic (exact) mass is 282 g/mol. The molecule has 2 heteroatoms. The third kappa shape index (κ3) is 3.88. The third-order valence-corrected chi connectivity index (χ3v) is 3.40. The summed E-state index contributed by atoms with van der Waals surface area (Å²) in [7, 11) is 3.41. The van der Waals surface area contributed by atoms with Crippen molar-refractivity contribution in [2.75, 3.05) is 14.2 Å². The van der Waals surface area contributed by atoms with Crippen LogP contribution in [0.25, 0.3) is 12.2 Å². The molecule has 0 N–H and O–H groups in total. The first-order valence-corrected chi connectivity index (χ1v) is 7.26. The second kappa shape index (κ2) is 7.53. The van der Waals surface area contributed by atoms with E-state index >= 15 is 0 Å². The van der Waals surface area contributed by atoms with E-state index in [1.165, 1.54) is 5.56 Å². The molecule has 21 heavy (non-hydrogen) atoms. The Morgan fingerprint density at radius 2 is 1.43 bits per heavy atom. The van der Waals surface area contributed by atoms with E-state index < -0.39 is 0 Å². The van der Waals surface area contributed by atoms with Gasteiger partial charge in [0.15, 0.2) is 0 Å². The number of rotatable bonds is 6. The lowest BCUT2D eigenvalue weighted by molar-refractivity contribution is 0.385. The molecule has 0 aliphatic carbocycles. The fraction of sp³-hybridized carbons (Fsp3) is 0.263. The van der Waals surface area contributed by atoms with Crippen LogP contribution in [0.4, 0.5) is 0 Å². The quantitative estimate of drug-likeness (QED) is 0.707. The minimum atomic E-state index is 0.893. The highest BCUT2D eigenvalue weighted by Crippen LogP contribution is 2.32. The van der Waals surface area contributed by atoms with Crippen molar-refractivity contribution in [3.8, 4) is 11.5 Å². The van der Waals surface area contributed by atoms with Gasteiger partial charge in [0, 0.05) is 5.56 Å². The maximum Gasteiger partial charge on any atom is 0.126 e. The van der Waals surface area contributed by atoms with Crippen molar-refractivity contribution in [3.05, 3.63) is 59.2 Å². The molecule has 2 nitrogen and oxygen atoms in total. The average Bonchev–Trinajstić information content (AvgIpc) is 2.54. The predicted octanol–water partition coefficient (Wildman–Crippen LogP) is 4.83. The van der Waals surface area contributed by atoms with Crippen LogP contribution in [0.3, 0.4) is 0 Å². The second-order valence-electron chi connectivity index (χ2n) is 4.90. The first kappa shape index (κ1) is 15.2. The average molecular weight is 282 g/mol. The van der Waals surface area contributed by atoms with Crippen molar-refractivity contribution in [3.63, 3.8) is 0 Å². The molecule has 2 aromatic carbocycles. The van der Waals surface area contributed by atoms with Gasteiger partial charge in [-0.3, -0.25) is 0 Å². The predicted molar refractivity (Wildman–Crippen MR) is 88.9 cm³/mol. The molecule has 0 aliphatic heterocycles. The first-order chi connectivity index (χ1) is 10.3. The van der Waals surface area contributed by atoms with Gasteiger partial charge >= 0.3 is 0 Å². The molecular formula is C19H22O2. The van der Waals surface area contributed by atoms with Gasteiger partial charge in [-0.05, 0) is 29.7 Å². The molecule has 0 saturated heterocycles. The summed E-state index contributed by atoms with van der Waals surface area (Å²) in [6.45, 7) is 2.15. The summed E-state index contributed by atoms with van der Waals surface area (Å²) in [6, 6.07) is 14.4. The largest absolute Gasteiger partial charge is 0.496 e. The van der Waals surface area contributed by atoms with E-state index in [1.807, 2.05) is 18.2 Å². The van der Waals surface area contributed by atoms with Crippen LogP contribution in [0, 0.1) is 0 Å². The molecule has 0 amide bonds. The van der Waals surface area contributed by atoms with E-state index in [4.69, 9.17) is 9.47 Å². The van der Waals surface area contributed by atoms with Crippen LogP contribution in [0.2, 0.25) is 0 Å². The van der Waals surface area contributed by atoms with E-state index in [1.54, 1.807) is 14.2 Å². The maximum absolute atomic E-state index is 5.52. The molecule has 0 heterocycles. The van der Waals surface area contributed by atoms with Gasteiger partial charge in [0.2, 0.25) is 0 Å². The van der Waals surface area contributed by atoms with E-state index in [0.29, 0.717) is 0 Å². The van der Waals surface area contributed by atoms with Gasteiger partial charge in [-0.25, -0.2) is 0 Å². The summed E-state index contributed by atoms with van der Waals surface area (Å²) in [5, 5.41) is 0. The molecule has 0 aromatic heterocycles. The molecule has 2 rings (SSSR count). The Bertz CT molecular complexity index is 575. The Morgan fingerprint density at radius 1 is 0.857 bits per heavy atom. The van der Waals surface area contributed by atoms with E-state index in [9.17, 15) is 0 Å². The Hall–Kier alpha value is -2.22. The Morgan fingerprint density at radius 3 is 1.95 bits per heavy atom. The number of hydrogen-bond donors (Lipinski definition) is 0. The summed E-state index contributed by atoms with van der Waals surface area (Å²) >= 11 is 0. The van der Waals surface area contributed by atoms with Gasteiger partial charge in [0.1, 0.15) is 11.5 Å². The van der Waals surface area contributed by atoms with Crippen molar-refractivity contribution in [2.24, 2.45) is 0 Å². The van der Waals surface area contributed by atoms with Crippen LogP contribution in [0.1, 0.15) is 30.0 Å². The van der Waals surface area contributed by atoms with Gasteiger partial charge in [-0.15, -0.1) is 0 Å². The lowest BCUT2D eigenvalue weighted by atomic mass is 10.0. The fourth-order valence-electron chi connectivity index (χ4n) is 2.35. The SMILES string of the molecule is CCCc1c(OC)cc(C=Cc2ccccc2)cc1OC. The molecule has 0 atom stereocenters. The number of hydrogen-bond acceptors (Lipinski definition) is 2. The highest BCUT2D eigenvalue weighted by molar-refractivity contribution is 5.71. The number of methoxy groups -OCH3 is 2. The molecule has 0 radical (unpaired) electrons. The van der Waals surface area contributed by atoms with Crippen LogP contribution in [-0.4, -0.2) is 14.2 Å². The number of ether oxygens (including phenoxy) is 2. The third-order valence-electron chi connectivity index (χ3n) is 3.40. The normalized spacial score (nSPS) is 10.8. The smallest absolute Gasteiger partial charge is 0.126 e. The summed E-state index contributed by atoms with van der Waals surface area (Å²) in [6.07, 6.45) is 6.19. The zero-order chi connectivity index (χ0) is 15.1. The fourth-order valence-corrected chi connectivity index (χ4v) is 2.35.